The molecule has 0 radical (unpaired) electrons. The summed E-state index contributed by atoms with van der Waals surface area (Å²) in [7, 11) is 1.80. The van der Waals surface area contributed by atoms with Crippen molar-refractivity contribution in [3.8, 4) is 0 Å². The van der Waals surface area contributed by atoms with Gasteiger partial charge < -0.3 is 10.1 Å². The summed E-state index contributed by atoms with van der Waals surface area (Å²) in [6.07, 6.45) is 5.48. The third kappa shape index (κ3) is 3.43. The Morgan fingerprint density at radius 2 is 1.94 bits per heavy atom. The summed E-state index contributed by atoms with van der Waals surface area (Å²) in [5.74, 6) is 0.956. The zero-order valence-corrected chi connectivity index (χ0v) is 11.6. The second kappa shape index (κ2) is 6.01. The molecular weight excluding hydrogens is 212 g/mol. The lowest BCUT2D eigenvalue weighted by molar-refractivity contribution is -0.0445. The van der Waals surface area contributed by atoms with Gasteiger partial charge >= 0.3 is 0 Å². The van der Waals surface area contributed by atoms with Crippen molar-refractivity contribution in [2.45, 2.75) is 39.7 Å². The van der Waals surface area contributed by atoms with E-state index in [-0.39, 0.29) is 5.54 Å². The number of hydrogen-bond acceptors (Lipinski definition) is 2. The molecule has 0 aromatic heterocycles. The highest BCUT2D eigenvalue weighted by Crippen LogP contribution is 2.26. The first-order chi connectivity index (χ1) is 8.04. The molecule has 3 heteroatoms. The summed E-state index contributed by atoms with van der Waals surface area (Å²) in [6, 6.07) is 0. The Bertz CT molecular complexity index is 349. The first-order valence-corrected chi connectivity index (χ1v) is 6.18. The van der Waals surface area contributed by atoms with Crippen molar-refractivity contribution >= 4 is 5.84 Å². The number of nitrogens with zero attached hydrogens (tertiary/aromatic N) is 1. The molecule has 0 aromatic rings. The van der Waals surface area contributed by atoms with Crippen LogP contribution in [0.1, 0.15) is 34.1 Å². The van der Waals surface area contributed by atoms with Gasteiger partial charge in [-0.3, -0.25) is 4.99 Å². The van der Waals surface area contributed by atoms with Crippen LogP contribution in [0.4, 0.5) is 0 Å². The number of rotatable bonds is 4. The van der Waals surface area contributed by atoms with Gasteiger partial charge in [0.1, 0.15) is 5.54 Å². The molecule has 0 unspecified atom stereocenters. The molecule has 17 heavy (non-hydrogen) atoms. The molecule has 0 bridgehead atoms. The molecule has 0 aromatic carbocycles. The number of nitrogens with one attached hydrogen (secondary N) is 1. The largest absolute Gasteiger partial charge is 0.376 e. The number of aliphatic imine (C=N–C) groups is 1. The van der Waals surface area contributed by atoms with E-state index in [2.05, 4.69) is 43.2 Å². The van der Waals surface area contributed by atoms with Gasteiger partial charge in [-0.1, -0.05) is 24.6 Å². The van der Waals surface area contributed by atoms with Gasteiger partial charge in [-0.05, 0) is 32.8 Å². The minimum Gasteiger partial charge on any atom is -0.376 e. The molecule has 1 fully saturated rings. The summed E-state index contributed by atoms with van der Waals surface area (Å²) in [4.78, 5) is 4.16. The molecular formula is C14H24N2O. The number of allylic oxidation sites excluding steroid dienone is 3. The van der Waals surface area contributed by atoms with E-state index in [9.17, 15) is 0 Å². The summed E-state index contributed by atoms with van der Waals surface area (Å²) in [5, 5.41) is 3.45. The van der Waals surface area contributed by atoms with Gasteiger partial charge in [0.25, 0.3) is 0 Å². The van der Waals surface area contributed by atoms with Crippen molar-refractivity contribution in [1.82, 2.24) is 5.32 Å². The topological polar surface area (TPSA) is 33.6 Å². The van der Waals surface area contributed by atoms with Crippen LogP contribution >= 0.6 is 0 Å². The molecule has 0 saturated carbocycles. The highest BCUT2D eigenvalue weighted by molar-refractivity contribution is 5.80. The molecule has 3 nitrogen and oxygen atoms in total. The van der Waals surface area contributed by atoms with Crippen molar-refractivity contribution in [3.05, 3.63) is 23.3 Å². The first kappa shape index (κ1) is 14.0. The molecule has 1 N–H and O–H groups in total. The van der Waals surface area contributed by atoms with Crippen molar-refractivity contribution in [1.29, 1.82) is 0 Å². The van der Waals surface area contributed by atoms with Crippen LogP contribution < -0.4 is 5.32 Å². The molecule has 1 aliphatic heterocycles. The van der Waals surface area contributed by atoms with Crippen molar-refractivity contribution in [3.63, 3.8) is 0 Å². The van der Waals surface area contributed by atoms with Gasteiger partial charge in [-0.25, -0.2) is 0 Å². The zero-order valence-electron chi connectivity index (χ0n) is 11.6. The van der Waals surface area contributed by atoms with Crippen LogP contribution in [0, 0.1) is 0 Å². The molecule has 1 aliphatic rings. The molecule has 1 saturated heterocycles. The number of amidine groups is 1. The second-order valence-corrected chi connectivity index (χ2v) is 4.73. The van der Waals surface area contributed by atoms with Crippen LogP contribution in [0.25, 0.3) is 0 Å². The maximum Gasteiger partial charge on any atom is 0.106 e. The van der Waals surface area contributed by atoms with Crippen LogP contribution in [0.5, 0.6) is 0 Å². The van der Waals surface area contributed by atoms with E-state index in [1.165, 1.54) is 11.1 Å². The SMILES string of the molecule is CCC(C)=CC=C(C)C1(NC(C)=NC)COC1. The fraction of sp³-hybridized carbons (Fsp3) is 0.643. The van der Waals surface area contributed by atoms with E-state index in [1.807, 2.05) is 6.92 Å². The summed E-state index contributed by atoms with van der Waals surface area (Å²) in [6.45, 7) is 9.91. The molecule has 1 rings (SSSR count). The van der Waals surface area contributed by atoms with Crippen molar-refractivity contribution in [2.24, 2.45) is 4.99 Å². The summed E-state index contributed by atoms with van der Waals surface area (Å²) >= 11 is 0. The highest BCUT2D eigenvalue weighted by Gasteiger charge is 2.40. The van der Waals surface area contributed by atoms with Crippen LogP contribution in [-0.2, 0) is 4.74 Å². The van der Waals surface area contributed by atoms with Crippen molar-refractivity contribution in [2.75, 3.05) is 20.3 Å². The Morgan fingerprint density at radius 3 is 2.35 bits per heavy atom. The smallest absolute Gasteiger partial charge is 0.106 e. The monoisotopic (exact) mass is 236 g/mol. The van der Waals surface area contributed by atoms with E-state index < -0.39 is 0 Å². The average Bonchev–Trinajstić information content (AvgIpc) is 2.29. The van der Waals surface area contributed by atoms with Gasteiger partial charge in [-0.15, -0.1) is 0 Å². The molecule has 0 spiro atoms. The Balaban J connectivity index is 2.79. The Kier molecular flexibility index (Phi) is 4.94. The van der Waals surface area contributed by atoms with E-state index >= 15 is 0 Å². The third-order valence-corrected chi connectivity index (χ3v) is 3.38. The molecule has 1 heterocycles. The van der Waals surface area contributed by atoms with E-state index in [4.69, 9.17) is 4.74 Å². The average molecular weight is 236 g/mol. The highest BCUT2D eigenvalue weighted by atomic mass is 16.5. The maximum atomic E-state index is 5.36. The predicted octanol–water partition coefficient (Wildman–Crippen LogP) is 2.70. The summed E-state index contributed by atoms with van der Waals surface area (Å²) in [5.41, 5.74) is 2.65. The molecule has 0 atom stereocenters. The second-order valence-electron chi connectivity index (χ2n) is 4.73. The molecule has 96 valence electrons. The zero-order chi connectivity index (χ0) is 12.9. The summed E-state index contributed by atoms with van der Waals surface area (Å²) < 4.78 is 5.36. The van der Waals surface area contributed by atoms with Gasteiger partial charge in [0.15, 0.2) is 0 Å². The van der Waals surface area contributed by atoms with Crippen LogP contribution in [0.2, 0.25) is 0 Å². The van der Waals surface area contributed by atoms with Crippen LogP contribution in [0.15, 0.2) is 28.3 Å². The van der Waals surface area contributed by atoms with E-state index in [0.29, 0.717) is 0 Å². The fourth-order valence-electron chi connectivity index (χ4n) is 1.65. The maximum absolute atomic E-state index is 5.36. The Hall–Kier alpha value is -1.09. The van der Waals surface area contributed by atoms with Gasteiger partial charge in [-0.2, -0.15) is 0 Å². The first-order valence-electron chi connectivity index (χ1n) is 6.18. The Morgan fingerprint density at radius 1 is 1.29 bits per heavy atom. The fourth-order valence-corrected chi connectivity index (χ4v) is 1.65. The lowest BCUT2D eigenvalue weighted by Crippen LogP contribution is -2.62. The standard InChI is InChI=1S/C14H24N2O/c1-6-11(2)7-8-12(3)14(9-17-10-14)16-13(4)15-5/h7-8H,6,9-10H2,1-5H3,(H,15,16). The number of ether oxygens (including phenoxy) is 1. The van der Waals surface area contributed by atoms with Gasteiger partial charge in [0, 0.05) is 7.05 Å². The lowest BCUT2D eigenvalue weighted by Gasteiger charge is -2.43. The van der Waals surface area contributed by atoms with E-state index in [0.717, 1.165) is 25.5 Å². The predicted molar refractivity (Wildman–Crippen MR) is 73.5 cm³/mol. The third-order valence-electron chi connectivity index (χ3n) is 3.38. The van der Waals surface area contributed by atoms with Gasteiger partial charge in [0.05, 0.1) is 19.0 Å². The number of hydrogen-bond donors (Lipinski definition) is 1. The Labute approximate surface area is 105 Å². The lowest BCUT2D eigenvalue weighted by atomic mass is 9.88. The minimum absolute atomic E-state index is 0.0475. The quantitative estimate of drug-likeness (QED) is 0.462. The molecule has 0 amide bonds. The minimum atomic E-state index is -0.0475. The van der Waals surface area contributed by atoms with Crippen molar-refractivity contribution < 1.29 is 4.74 Å². The normalized spacial score (nSPS) is 21.1. The van der Waals surface area contributed by atoms with Crippen LogP contribution in [0.3, 0.4) is 0 Å². The van der Waals surface area contributed by atoms with E-state index in [1.54, 1.807) is 7.05 Å². The van der Waals surface area contributed by atoms with Crippen LogP contribution in [-0.4, -0.2) is 31.6 Å². The van der Waals surface area contributed by atoms with Gasteiger partial charge in [0.2, 0.25) is 0 Å². The molecule has 0 aliphatic carbocycles.